The van der Waals surface area contributed by atoms with Crippen LogP contribution < -0.4 is 10.1 Å². The summed E-state index contributed by atoms with van der Waals surface area (Å²) in [6.45, 7) is 4.28. The molecule has 0 unspecified atom stereocenters. The molecule has 6 nitrogen and oxygen atoms in total. The number of benzene rings is 3. The van der Waals surface area contributed by atoms with Crippen LogP contribution in [0, 0.1) is 0 Å². The molecule has 3 aromatic carbocycles. The van der Waals surface area contributed by atoms with E-state index in [4.69, 9.17) is 4.74 Å². The fourth-order valence-electron chi connectivity index (χ4n) is 2.98. The van der Waals surface area contributed by atoms with Gasteiger partial charge in [-0.15, -0.1) is 0 Å². The maximum atomic E-state index is 12.8. The third kappa shape index (κ3) is 4.87. The van der Waals surface area contributed by atoms with Crippen LogP contribution in [0.3, 0.4) is 0 Å². The second kappa shape index (κ2) is 9.56. The van der Waals surface area contributed by atoms with Crippen LogP contribution in [-0.4, -0.2) is 31.7 Å². The first-order valence-electron chi connectivity index (χ1n) is 9.69. The Balaban J connectivity index is 1.84. The van der Waals surface area contributed by atoms with Crippen LogP contribution in [0.5, 0.6) is 11.5 Å². The summed E-state index contributed by atoms with van der Waals surface area (Å²) >= 11 is 0. The second-order valence-electron chi connectivity index (χ2n) is 6.48. The number of carbonyl (C=O) groups is 1. The van der Waals surface area contributed by atoms with E-state index in [1.165, 1.54) is 16.4 Å². The van der Waals surface area contributed by atoms with Gasteiger partial charge in [0.15, 0.2) is 5.75 Å². The van der Waals surface area contributed by atoms with Crippen LogP contribution in [0.1, 0.15) is 24.2 Å². The zero-order valence-corrected chi connectivity index (χ0v) is 17.7. The Bertz CT molecular complexity index is 1110. The molecule has 3 rings (SSSR count). The standard InChI is InChI=1S/C23H24N2O4S/c1-3-25(4-2)30(27,28)20-14-10-11-18(17-20)23(26)24-21-15-8-9-16-22(21)29-19-12-6-5-7-13-19/h5-17H,3-4H2,1-2H3,(H,24,26). The molecular formula is C23H24N2O4S. The van der Waals surface area contributed by atoms with Crippen LogP contribution in [0.15, 0.2) is 83.8 Å². The molecule has 0 aliphatic carbocycles. The molecule has 0 aliphatic rings. The largest absolute Gasteiger partial charge is 0.455 e. The van der Waals surface area contributed by atoms with Gasteiger partial charge in [-0.25, -0.2) is 8.42 Å². The Morgan fingerprint density at radius 2 is 1.57 bits per heavy atom. The van der Waals surface area contributed by atoms with Gasteiger partial charge in [-0.1, -0.05) is 50.2 Å². The molecular weight excluding hydrogens is 400 g/mol. The molecule has 7 heteroatoms. The maximum Gasteiger partial charge on any atom is 0.255 e. The van der Waals surface area contributed by atoms with E-state index in [0.717, 1.165) is 0 Å². The van der Waals surface area contributed by atoms with Crippen LogP contribution in [0.4, 0.5) is 5.69 Å². The SMILES string of the molecule is CCN(CC)S(=O)(=O)c1cccc(C(=O)Nc2ccccc2Oc2ccccc2)c1. The molecule has 0 spiro atoms. The molecule has 1 N–H and O–H groups in total. The first kappa shape index (κ1) is 21.5. The molecule has 1 amide bonds. The number of anilines is 1. The van der Waals surface area contributed by atoms with Crippen LogP contribution in [0.2, 0.25) is 0 Å². The number of nitrogens with one attached hydrogen (secondary N) is 1. The predicted octanol–water partition coefficient (Wildman–Crippen LogP) is 4.76. The molecule has 0 bridgehead atoms. The fraction of sp³-hybridized carbons (Fsp3) is 0.174. The molecule has 0 heterocycles. The van der Waals surface area contributed by atoms with Crippen molar-refractivity contribution < 1.29 is 17.9 Å². The lowest BCUT2D eigenvalue weighted by Crippen LogP contribution is -2.30. The smallest absolute Gasteiger partial charge is 0.255 e. The summed E-state index contributed by atoms with van der Waals surface area (Å²) in [4.78, 5) is 12.9. The van der Waals surface area contributed by atoms with Crippen molar-refractivity contribution in [2.75, 3.05) is 18.4 Å². The summed E-state index contributed by atoms with van der Waals surface area (Å²) in [6.07, 6.45) is 0. The Morgan fingerprint density at radius 1 is 0.900 bits per heavy atom. The van der Waals surface area contributed by atoms with Gasteiger partial charge in [-0.3, -0.25) is 4.79 Å². The monoisotopic (exact) mass is 424 g/mol. The number of ether oxygens (including phenoxy) is 1. The second-order valence-corrected chi connectivity index (χ2v) is 8.42. The first-order chi connectivity index (χ1) is 14.5. The van der Waals surface area contributed by atoms with Gasteiger partial charge in [-0.05, 0) is 42.5 Å². The lowest BCUT2D eigenvalue weighted by atomic mass is 10.2. The van der Waals surface area contributed by atoms with E-state index in [1.54, 1.807) is 44.2 Å². The molecule has 156 valence electrons. The van der Waals surface area contributed by atoms with Crippen molar-refractivity contribution >= 4 is 21.6 Å². The fourth-order valence-corrected chi connectivity index (χ4v) is 4.48. The third-order valence-corrected chi connectivity index (χ3v) is 6.59. The van der Waals surface area contributed by atoms with Crippen molar-refractivity contribution in [2.45, 2.75) is 18.7 Å². The number of rotatable bonds is 8. The molecule has 0 saturated heterocycles. The summed E-state index contributed by atoms with van der Waals surface area (Å²) < 4.78 is 32.7. The summed E-state index contributed by atoms with van der Waals surface area (Å²) in [5.41, 5.74) is 0.737. The van der Waals surface area contributed by atoms with Gasteiger partial charge in [0.25, 0.3) is 5.91 Å². The number of para-hydroxylation sites is 3. The van der Waals surface area contributed by atoms with E-state index in [2.05, 4.69) is 5.32 Å². The molecule has 30 heavy (non-hydrogen) atoms. The highest BCUT2D eigenvalue weighted by atomic mass is 32.2. The molecule has 0 radical (unpaired) electrons. The average Bonchev–Trinajstić information content (AvgIpc) is 2.76. The minimum atomic E-state index is -3.65. The molecule has 3 aromatic rings. The summed E-state index contributed by atoms with van der Waals surface area (Å²) in [5.74, 6) is 0.714. The zero-order valence-electron chi connectivity index (χ0n) is 16.9. The van der Waals surface area contributed by atoms with E-state index in [9.17, 15) is 13.2 Å². The Kier molecular flexibility index (Phi) is 6.87. The summed E-state index contributed by atoms with van der Waals surface area (Å²) in [6, 6.07) is 22.4. The maximum absolute atomic E-state index is 12.8. The molecule has 0 aliphatic heterocycles. The van der Waals surface area contributed by atoms with E-state index >= 15 is 0 Å². The lowest BCUT2D eigenvalue weighted by Gasteiger charge is -2.18. The van der Waals surface area contributed by atoms with Gasteiger partial charge in [0.2, 0.25) is 10.0 Å². The van der Waals surface area contributed by atoms with Crippen molar-refractivity contribution in [2.24, 2.45) is 0 Å². The number of nitrogens with zero attached hydrogens (tertiary/aromatic N) is 1. The van der Waals surface area contributed by atoms with Gasteiger partial charge < -0.3 is 10.1 Å². The number of sulfonamides is 1. The molecule has 0 aromatic heterocycles. The van der Waals surface area contributed by atoms with Crippen LogP contribution in [-0.2, 0) is 10.0 Å². The summed E-state index contributed by atoms with van der Waals surface area (Å²) in [7, 11) is -3.65. The Labute approximate surface area is 177 Å². The average molecular weight is 425 g/mol. The minimum absolute atomic E-state index is 0.0904. The molecule has 0 fully saturated rings. The topological polar surface area (TPSA) is 75.7 Å². The highest BCUT2D eigenvalue weighted by molar-refractivity contribution is 7.89. The van der Waals surface area contributed by atoms with Gasteiger partial charge in [0.1, 0.15) is 5.75 Å². The number of carbonyl (C=O) groups excluding carboxylic acids is 1. The van der Waals surface area contributed by atoms with Crippen molar-refractivity contribution in [3.63, 3.8) is 0 Å². The number of amides is 1. The third-order valence-electron chi connectivity index (χ3n) is 4.55. The summed E-state index contributed by atoms with van der Waals surface area (Å²) in [5, 5.41) is 2.81. The van der Waals surface area contributed by atoms with Gasteiger partial charge in [-0.2, -0.15) is 4.31 Å². The highest BCUT2D eigenvalue weighted by Crippen LogP contribution is 2.29. The van der Waals surface area contributed by atoms with Crippen LogP contribution in [0.25, 0.3) is 0 Å². The minimum Gasteiger partial charge on any atom is -0.455 e. The van der Waals surface area contributed by atoms with Gasteiger partial charge >= 0.3 is 0 Å². The normalized spacial score (nSPS) is 11.3. The number of hydrogen-bond acceptors (Lipinski definition) is 4. The van der Waals surface area contributed by atoms with E-state index in [1.807, 2.05) is 36.4 Å². The Morgan fingerprint density at radius 3 is 2.27 bits per heavy atom. The van der Waals surface area contributed by atoms with Crippen molar-refractivity contribution in [1.82, 2.24) is 4.31 Å². The van der Waals surface area contributed by atoms with E-state index in [0.29, 0.717) is 30.3 Å². The quantitative estimate of drug-likeness (QED) is 0.566. The Hall–Kier alpha value is -3.16. The van der Waals surface area contributed by atoms with Gasteiger partial charge in [0.05, 0.1) is 10.6 Å². The lowest BCUT2D eigenvalue weighted by molar-refractivity contribution is 0.102. The predicted molar refractivity (Wildman–Crippen MR) is 117 cm³/mol. The zero-order chi connectivity index (χ0) is 21.6. The van der Waals surface area contributed by atoms with E-state index < -0.39 is 15.9 Å². The molecule has 0 saturated carbocycles. The van der Waals surface area contributed by atoms with Crippen molar-refractivity contribution in [3.05, 3.63) is 84.4 Å². The first-order valence-corrected chi connectivity index (χ1v) is 11.1. The van der Waals surface area contributed by atoms with Crippen LogP contribution >= 0.6 is 0 Å². The highest BCUT2D eigenvalue weighted by Gasteiger charge is 2.22. The van der Waals surface area contributed by atoms with Crippen molar-refractivity contribution in [1.29, 1.82) is 0 Å². The number of hydrogen-bond donors (Lipinski definition) is 1. The van der Waals surface area contributed by atoms with Gasteiger partial charge in [0, 0.05) is 18.7 Å². The van der Waals surface area contributed by atoms with E-state index in [-0.39, 0.29) is 10.5 Å². The molecule has 0 atom stereocenters. The van der Waals surface area contributed by atoms with Crippen molar-refractivity contribution in [3.8, 4) is 11.5 Å².